The Kier molecular flexibility index (Phi) is 4.57. The number of carbonyl (C=O) groups excluding carboxylic acids is 2. The van der Waals surface area contributed by atoms with Crippen molar-refractivity contribution >= 4 is 34.1 Å². The standard InChI is InChI=1S/C18H16N2O3S/c1-11(18(22)23-2)19-17(21)13-10-15(16-8-5-9-24-16)20-14-7-4-3-6-12(13)14/h3-11H,1-2H3,(H,19,21)/t11-/m0/s1. The summed E-state index contributed by atoms with van der Waals surface area (Å²) in [6.07, 6.45) is 0. The summed E-state index contributed by atoms with van der Waals surface area (Å²) in [5.74, 6) is -0.815. The lowest BCUT2D eigenvalue weighted by molar-refractivity contribution is -0.142. The molecule has 2 heterocycles. The topological polar surface area (TPSA) is 68.3 Å². The lowest BCUT2D eigenvalue weighted by Crippen LogP contribution is -2.39. The number of ether oxygens (including phenoxy) is 1. The average Bonchev–Trinajstić information content (AvgIpc) is 3.14. The van der Waals surface area contributed by atoms with E-state index in [1.165, 1.54) is 7.11 Å². The van der Waals surface area contributed by atoms with Crippen LogP contribution in [0.15, 0.2) is 47.8 Å². The van der Waals surface area contributed by atoms with Crippen LogP contribution in [0.2, 0.25) is 0 Å². The Morgan fingerprint density at radius 2 is 2.00 bits per heavy atom. The largest absolute Gasteiger partial charge is 0.467 e. The average molecular weight is 340 g/mol. The van der Waals surface area contributed by atoms with E-state index in [0.717, 1.165) is 21.5 Å². The van der Waals surface area contributed by atoms with Gasteiger partial charge in [-0.1, -0.05) is 24.3 Å². The van der Waals surface area contributed by atoms with Gasteiger partial charge in [0.1, 0.15) is 6.04 Å². The SMILES string of the molecule is COC(=O)[C@H](C)NC(=O)c1cc(-c2cccs2)nc2ccccc12. The monoisotopic (exact) mass is 340 g/mol. The third-order valence-corrected chi connectivity index (χ3v) is 4.53. The number of hydrogen-bond donors (Lipinski definition) is 1. The van der Waals surface area contributed by atoms with E-state index >= 15 is 0 Å². The maximum atomic E-state index is 12.7. The highest BCUT2D eigenvalue weighted by molar-refractivity contribution is 7.13. The summed E-state index contributed by atoms with van der Waals surface area (Å²) >= 11 is 1.56. The quantitative estimate of drug-likeness (QED) is 0.740. The molecule has 0 aliphatic carbocycles. The zero-order valence-corrected chi connectivity index (χ0v) is 14.1. The first kappa shape index (κ1) is 16.1. The van der Waals surface area contributed by atoms with E-state index in [1.54, 1.807) is 24.3 Å². The van der Waals surface area contributed by atoms with Crippen LogP contribution in [-0.2, 0) is 9.53 Å². The van der Waals surface area contributed by atoms with Crippen molar-refractivity contribution in [3.63, 3.8) is 0 Å². The lowest BCUT2D eigenvalue weighted by atomic mass is 10.1. The van der Waals surface area contributed by atoms with Gasteiger partial charge in [0.25, 0.3) is 5.91 Å². The number of benzene rings is 1. The molecule has 0 spiro atoms. The normalized spacial score (nSPS) is 11.9. The number of esters is 1. The Morgan fingerprint density at radius 1 is 1.21 bits per heavy atom. The number of thiophene rings is 1. The van der Waals surface area contributed by atoms with Gasteiger partial charge >= 0.3 is 5.97 Å². The number of fused-ring (bicyclic) bond motifs is 1. The first-order valence-electron chi connectivity index (χ1n) is 7.42. The smallest absolute Gasteiger partial charge is 0.328 e. The van der Waals surface area contributed by atoms with Crippen molar-refractivity contribution < 1.29 is 14.3 Å². The summed E-state index contributed by atoms with van der Waals surface area (Å²) < 4.78 is 4.65. The first-order chi connectivity index (χ1) is 11.6. The number of pyridine rings is 1. The molecule has 1 aromatic carbocycles. The van der Waals surface area contributed by atoms with E-state index < -0.39 is 12.0 Å². The Balaban J connectivity index is 2.05. The van der Waals surface area contributed by atoms with Crippen molar-refractivity contribution in [3.05, 3.63) is 53.4 Å². The number of aromatic nitrogens is 1. The number of hydrogen-bond acceptors (Lipinski definition) is 5. The molecule has 122 valence electrons. The Labute approximate surface area is 143 Å². The van der Waals surface area contributed by atoms with Gasteiger partial charge in [-0.3, -0.25) is 4.79 Å². The second kappa shape index (κ2) is 6.80. The minimum Gasteiger partial charge on any atom is -0.467 e. The van der Waals surface area contributed by atoms with Crippen molar-refractivity contribution in [2.45, 2.75) is 13.0 Å². The molecule has 0 saturated heterocycles. The van der Waals surface area contributed by atoms with Crippen LogP contribution in [0.25, 0.3) is 21.5 Å². The molecular formula is C18H16N2O3S. The fraction of sp³-hybridized carbons (Fsp3) is 0.167. The van der Waals surface area contributed by atoms with E-state index in [4.69, 9.17) is 0 Å². The van der Waals surface area contributed by atoms with Gasteiger partial charge < -0.3 is 10.1 Å². The molecule has 1 N–H and O–H groups in total. The summed E-state index contributed by atoms with van der Waals surface area (Å²) in [5, 5.41) is 5.38. The van der Waals surface area contributed by atoms with Crippen LogP contribution in [0.3, 0.4) is 0 Å². The van der Waals surface area contributed by atoms with Crippen LogP contribution >= 0.6 is 11.3 Å². The van der Waals surface area contributed by atoms with E-state index in [1.807, 2.05) is 41.8 Å². The summed E-state index contributed by atoms with van der Waals surface area (Å²) in [5.41, 5.74) is 1.96. The molecule has 5 nitrogen and oxygen atoms in total. The Morgan fingerprint density at radius 3 is 2.71 bits per heavy atom. The van der Waals surface area contributed by atoms with Crippen LogP contribution in [0, 0.1) is 0 Å². The van der Waals surface area contributed by atoms with Crippen molar-refractivity contribution in [3.8, 4) is 10.6 Å². The predicted octanol–water partition coefficient (Wildman–Crippen LogP) is 3.25. The van der Waals surface area contributed by atoms with Crippen molar-refractivity contribution in [2.24, 2.45) is 0 Å². The molecule has 1 atom stereocenters. The number of amides is 1. The fourth-order valence-corrected chi connectivity index (χ4v) is 3.11. The molecule has 0 saturated carbocycles. The summed E-state index contributed by atoms with van der Waals surface area (Å²) in [7, 11) is 1.29. The number of carbonyl (C=O) groups is 2. The Hall–Kier alpha value is -2.73. The van der Waals surface area contributed by atoms with E-state index in [-0.39, 0.29) is 5.91 Å². The Bertz CT molecular complexity index is 890. The molecule has 0 radical (unpaired) electrons. The van der Waals surface area contributed by atoms with Crippen molar-refractivity contribution in [1.82, 2.24) is 10.3 Å². The maximum absolute atomic E-state index is 12.7. The zero-order valence-electron chi connectivity index (χ0n) is 13.3. The molecule has 0 fully saturated rings. The van der Waals surface area contributed by atoms with E-state index in [0.29, 0.717) is 5.56 Å². The lowest BCUT2D eigenvalue weighted by Gasteiger charge is -2.13. The summed E-state index contributed by atoms with van der Waals surface area (Å²) in [6.45, 7) is 1.59. The molecule has 0 aliphatic heterocycles. The van der Waals surface area contributed by atoms with Crippen LogP contribution in [0.1, 0.15) is 17.3 Å². The van der Waals surface area contributed by atoms with Crippen LogP contribution < -0.4 is 5.32 Å². The molecule has 6 heteroatoms. The number of rotatable bonds is 4. The van der Waals surface area contributed by atoms with Crippen molar-refractivity contribution in [2.75, 3.05) is 7.11 Å². The minimum atomic E-state index is -0.723. The minimum absolute atomic E-state index is 0.329. The van der Waals surface area contributed by atoms with E-state index in [9.17, 15) is 9.59 Å². The number of para-hydroxylation sites is 1. The molecule has 0 bridgehead atoms. The number of methoxy groups -OCH3 is 1. The zero-order chi connectivity index (χ0) is 17.1. The van der Waals surface area contributed by atoms with Gasteiger partial charge in [0.15, 0.2) is 0 Å². The third-order valence-electron chi connectivity index (χ3n) is 3.64. The predicted molar refractivity (Wildman–Crippen MR) is 94.0 cm³/mol. The summed E-state index contributed by atoms with van der Waals surface area (Å²) in [6, 6.07) is 12.4. The van der Waals surface area contributed by atoms with Crippen LogP contribution in [-0.4, -0.2) is 30.0 Å². The third kappa shape index (κ3) is 3.14. The highest BCUT2D eigenvalue weighted by Gasteiger charge is 2.19. The van der Waals surface area contributed by atoms with Gasteiger partial charge in [-0.15, -0.1) is 11.3 Å². The second-order valence-electron chi connectivity index (χ2n) is 5.27. The van der Waals surface area contributed by atoms with Gasteiger partial charge in [0, 0.05) is 5.39 Å². The fourth-order valence-electron chi connectivity index (χ4n) is 2.42. The first-order valence-corrected chi connectivity index (χ1v) is 8.30. The van der Waals surface area contributed by atoms with Crippen LogP contribution in [0.5, 0.6) is 0 Å². The van der Waals surface area contributed by atoms with Crippen molar-refractivity contribution in [1.29, 1.82) is 0 Å². The maximum Gasteiger partial charge on any atom is 0.328 e. The highest BCUT2D eigenvalue weighted by atomic mass is 32.1. The molecule has 24 heavy (non-hydrogen) atoms. The van der Waals surface area contributed by atoms with Gasteiger partial charge in [-0.25, -0.2) is 9.78 Å². The van der Waals surface area contributed by atoms with Crippen LogP contribution in [0.4, 0.5) is 0 Å². The van der Waals surface area contributed by atoms with Gasteiger partial charge in [-0.05, 0) is 30.5 Å². The second-order valence-corrected chi connectivity index (χ2v) is 6.22. The number of nitrogens with one attached hydrogen (secondary N) is 1. The highest BCUT2D eigenvalue weighted by Crippen LogP contribution is 2.27. The molecule has 1 amide bonds. The molecular weight excluding hydrogens is 324 g/mol. The molecule has 0 unspecified atom stereocenters. The van der Waals surface area contributed by atoms with Gasteiger partial charge in [-0.2, -0.15) is 0 Å². The van der Waals surface area contributed by atoms with Gasteiger partial charge in [0.05, 0.1) is 28.8 Å². The summed E-state index contributed by atoms with van der Waals surface area (Å²) in [4.78, 5) is 29.8. The molecule has 0 aliphatic rings. The number of nitrogens with zero attached hydrogens (tertiary/aromatic N) is 1. The molecule has 3 rings (SSSR count). The van der Waals surface area contributed by atoms with E-state index in [2.05, 4.69) is 15.0 Å². The van der Waals surface area contributed by atoms with Gasteiger partial charge in [0.2, 0.25) is 0 Å². The molecule has 3 aromatic rings. The molecule has 2 aromatic heterocycles.